The second-order valence-corrected chi connectivity index (χ2v) is 11.6. The summed E-state index contributed by atoms with van der Waals surface area (Å²) in [6, 6.07) is 11.0. The van der Waals surface area contributed by atoms with E-state index in [4.69, 9.17) is 4.98 Å². The third-order valence-electron chi connectivity index (χ3n) is 8.33. The number of pyridine rings is 1. The van der Waals surface area contributed by atoms with E-state index in [1.54, 1.807) is 0 Å². The van der Waals surface area contributed by atoms with E-state index in [9.17, 15) is 0 Å². The van der Waals surface area contributed by atoms with Crippen LogP contribution in [0.25, 0.3) is 22.6 Å². The van der Waals surface area contributed by atoms with Crippen LogP contribution in [0.2, 0.25) is 0 Å². The smallest absolute Gasteiger partial charge is 0.160 e. The molecule has 31 heavy (non-hydrogen) atoms. The number of benzene rings is 1. The van der Waals surface area contributed by atoms with Crippen LogP contribution >= 0.6 is 0 Å². The van der Waals surface area contributed by atoms with Crippen LogP contribution in [-0.4, -0.2) is 15.0 Å². The number of fused-ring (bicyclic) bond motifs is 1. The molecule has 0 N–H and O–H groups in total. The quantitative estimate of drug-likeness (QED) is 0.450. The van der Waals surface area contributed by atoms with Crippen LogP contribution in [0, 0.1) is 5.41 Å². The van der Waals surface area contributed by atoms with Crippen molar-refractivity contribution in [3.05, 3.63) is 65.6 Å². The van der Waals surface area contributed by atoms with Crippen molar-refractivity contribution in [2.45, 2.75) is 78.6 Å². The Morgan fingerprint density at radius 1 is 0.645 bits per heavy atom. The van der Waals surface area contributed by atoms with Crippen molar-refractivity contribution in [3.8, 4) is 22.6 Å². The van der Waals surface area contributed by atoms with Crippen molar-refractivity contribution < 1.29 is 0 Å². The molecule has 0 atom stereocenters. The second kappa shape index (κ2) is 6.72. The van der Waals surface area contributed by atoms with E-state index in [2.05, 4.69) is 103 Å². The fraction of sp³-hybridized carbons (Fsp3) is 0.464. The summed E-state index contributed by atoms with van der Waals surface area (Å²) in [6.07, 6.45) is 5.72. The highest BCUT2D eigenvalue weighted by molar-refractivity contribution is 5.66. The highest BCUT2D eigenvalue weighted by Crippen LogP contribution is 2.61. The number of rotatable bonds is 2. The predicted molar refractivity (Wildman–Crippen MR) is 129 cm³/mol. The topological polar surface area (TPSA) is 38.7 Å². The van der Waals surface area contributed by atoms with Crippen molar-refractivity contribution in [2.75, 3.05) is 0 Å². The monoisotopic (exact) mass is 413 g/mol. The molecule has 0 fully saturated rings. The zero-order chi connectivity index (χ0) is 22.8. The van der Waals surface area contributed by atoms with Crippen molar-refractivity contribution >= 4 is 0 Å². The Labute approximate surface area is 187 Å². The minimum atomic E-state index is 0.0467. The molecule has 1 aliphatic rings. The molecule has 1 aliphatic carbocycles. The molecule has 3 nitrogen and oxygen atoms in total. The maximum absolute atomic E-state index is 4.76. The molecule has 3 aromatic rings. The van der Waals surface area contributed by atoms with Gasteiger partial charge in [-0.25, -0.2) is 9.97 Å². The first-order valence-corrected chi connectivity index (χ1v) is 11.2. The molecule has 0 saturated carbocycles. The molecule has 0 amide bonds. The molecule has 2 heterocycles. The van der Waals surface area contributed by atoms with Crippen LogP contribution in [0.4, 0.5) is 0 Å². The number of aromatic nitrogens is 3. The van der Waals surface area contributed by atoms with E-state index in [0.29, 0.717) is 5.82 Å². The van der Waals surface area contributed by atoms with Crippen molar-refractivity contribution in [3.63, 3.8) is 0 Å². The fourth-order valence-corrected chi connectivity index (χ4v) is 4.78. The Morgan fingerprint density at radius 2 is 1.23 bits per heavy atom. The average molecular weight is 414 g/mol. The second-order valence-electron chi connectivity index (χ2n) is 11.6. The van der Waals surface area contributed by atoms with Gasteiger partial charge in [-0.2, -0.15) is 0 Å². The predicted octanol–water partition coefficient (Wildman–Crippen LogP) is 7.10. The van der Waals surface area contributed by atoms with Crippen LogP contribution in [0.1, 0.15) is 79.0 Å². The molecule has 0 radical (unpaired) electrons. The summed E-state index contributed by atoms with van der Waals surface area (Å²) in [6.45, 7) is 20.8. The fourth-order valence-electron chi connectivity index (χ4n) is 4.78. The van der Waals surface area contributed by atoms with Gasteiger partial charge in [0, 0.05) is 29.7 Å². The minimum absolute atomic E-state index is 0.0467. The molecule has 0 bridgehead atoms. The first-order valence-electron chi connectivity index (χ1n) is 11.2. The Kier molecular flexibility index (Phi) is 4.70. The van der Waals surface area contributed by atoms with E-state index >= 15 is 0 Å². The molecule has 1 aromatic carbocycles. The SMILES string of the molecule is CC(C)(C)c1cnc(-c2ccc(-c3ccc4c(c3)C(C)(C)C(C)(C)C4(C)C)nc2)nc1. The number of hydrogen-bond acceptors (Lipinski definition) is 3. The van der Waals surface area contributed by atoms with Crippen molar-refractivity contribution in [1.82, 2.24) is 15.0 Å². The third-order valence-corrected chi connectivity index (χ3v) is 8.33. The maximum Gasteiger partial charge on any atom is 0.160 e. The molecule has 0 unspecified atom stereocenters. The van der Waals surface area contributed by atoms with E-state index in [1.165, 1.54) is 11.1 Å². The Balaban J connectivity index is 1.67. The lowest BCUT2D eigenvalue weighted by molar-refractivity contribution is 0.125. The first-order chi connectivity index (χ1) is 14.3. The summed E-state index contributed by atoms with van der Waals surface area (Å²) in [5.41, 5.74) is 7.53. The van der Waals surface area contributed by atoms with Gasteiger partial charge < -0.3 is 0 Å². The molecule has 0 spiro atoms. The molecule has 162 valence electrons. The highest BCUT2D eigenvalue weighted by Gasteiger charge is 2.56. The third kappa shape index (κ3) is 3.21. The van der Waals surface area contributed by atoms with E-state index in [1.807, 2.05) is 18.6 Å². The summed E-state index contributed by atoms with van der Waals surface area (Å²) in [5, 5.41) is 0. The Hall–Kier alpha value is -2.55. The van der Waals surface area contributed by atoms with Crippen LogP contribution in [0.15, 0.2) is 48.9 Å². The lowest BCUT2D eigenvalue weighted by Crippen LogP contribution is -2.42. The van der Waals surface area contributed by atoms with Crippen LogP contribution in [0.3, 0.4) is 0 Å². The standard InChI is InChI=1S/C28H35N3/c1-25(2,3)20-16-30-24(31-17-20)19-11-13-23(29-15-19)18-10-12-21-22(14-18)27(6,7)28(8,9)26(21,4)5/h10-17H,1-9H3. The van der Waals surface area contributed by atoms with E-state index < -0.39 is 0 Å². The van der Waals surface area contributed by atoms with Crippen molar-refractivity contribution in [2.24, 2.45) is 5.41 Å². The zero-order valence-corrected chi connectivity index (χ0v) is 20.5. The highest BCUT2D eigenvalue weighted by atomic mass is 14.9. The van der Waals surface area contributed by atoms with Gasteiger partial charge in [-0.1, -0.05) is 74.4 Å². The zero-order valence-electron chi connectivity index (χ0n) is 20.5. The summed E-state index contributed by atoms with van der Waals surface area (Å²) in [7, 11) is 0. The van der Waals surface area contributed by atoms with E-state index in [0.717, 1.165) is 22.4 Å². The summed E-state index contributed by atoms with van der Waals surface area (Å²) >= 11 is 0. The van der Waals surface area contributed by atoms with Crippen LogP contribution < -0.4 is 0 Å². The number of hydrogen-bond donors (Lipinski definition) is 0. The number of nitrogens with zero attached hydrogens (tertiary/aromatic N) is 3. The van der Waals surface area contributed by atoms with Gasteiger partial charge in [0.25, 0.3) is 0 Å². The Bertz CT molecular complexity index is 1110. The normalized spacial score (nSPS) is 18.6. The summed E-state index contributed by atoms with van der Waals surface area (Å²) in [4.78, 5) is 13.9. The van der Waals surface area contributed by atoms with Gasteiger partial charge in [0.2, 0.25) is 0 Å². The lowest BCUT2D eigenvalue weighted by Gasteiger charge is -2.44. The molecular formula is C28H35N3. The van der Waals surface area contributed by atoms with Crippen LogP contribution in [0.5, 0.6) is 0 Å². The molecule has 2 aromatic heterocycles. The average Bonchev–Trinajstić information content (AvgIpc) is 2.82. The molecule has 4 rings (SSSR count). The largest absolute Gasteiger partial charge is 0.255 e. The summed E-state index contributed by atoms with van der Waals surface area (Å²) < 4.78 is 0. The molecule has 0 aliphatic heterocycles. The minimum Gasteiger partial charge on any atom is -0.255 e. The van der Waals surface area contributed by atoms with Gasteiger partial charge in [-0.15, -0.1) is 0 Å². The van der Waals surface area contributed by atoms with Gasteiger partial charge in [0.05, 0.1) is 5.69 Å². The molecule has 3 heteroatoms. The van der Waals surface area contributed by atoms with E-state index in [-0.39, 0.29) is 21.7 Å². The first kappa shape index (κ1) is 21.7. The summed E-state index contributed by atoms with van der Waals surface area (Å²) in [5.74, 6) is 0.714. The molecule has 0 saturated heterocycles. The van der Waals surface area contributed by atoms with Gasteiger partial charge in [0.15, 0.2) is 5.82 Å². The maximum atomic E-state index is 4.76. The Morgan fingerprint density at radius 3 is 1.77 bits per heavy atom. The lowest BCUT2D eigenvalue weighted by atomic mass is 9.59. The van der Waals surface area contributed by atoms with Gasteiger partial charge in [-0.05, 0) is 56.5 Å². The molecular weight excluding hydrogens is 378 g/mol. The van der Waals surface area contributed by atoms with Crippen LogP contribution in [-0.2, 0) is 16.2 Å². The van der Waals surface area contributed by atoms with Gasteiger partial charge in [0.1, 0.15) is 0 Å². The van der Waals surface area contributed by atoms with Gasteiger partial charge >= 0.3 is 0 Å². The van der Waals surface area contributed by atoms with Crippen molar-refractivity contribution in [1.29, 1.82) is 0 Å². The van der Waals surface area contributed by atoms with Gasteiger partial charge in [-0.3, -0.25) is 4.98 Å².